The number of rotatable bonds is 4. The Labute approximate surface area is 121 Å². The van der Waals surface area contributed by atoms with Gasteiger partial charge in [-0.1, -0.05) is 23.7 Å². The normalized spacial score (nSPS) is 12.4. The van der Waals surface area contributed by atoms with Gasteiger partial charge in [-0.3, -0.25) is 4.98 Å². The van der Waals surface area contributed by atoms with Crippen LogP contribution < -0.4 is 5.32 Å². The van der Waals surface area contributed by atoms with Gasteiger partial charge in [0.15, 0.2) is 0 Å². The molecule has 1 heterocycles. The van der Waals surface area contributed by atoms with E-state index >= 15 is 0 Å². The highest BCUT2D eigenvalue weighted by Gasteiger charge is 2.05. The fourth-order valence-electron chi connectivity index (χ4n) is 1.66. The largest absolute Gasteiger partial charge is 0.305 e. The predicted molar refractivity (Wildman–Crippen MR) is 78.6 cm³/mol. The monoisotopic (exact) mass is 324 g/mol. The number of nitrogens with zero attached hydrogens (tertiary/aromatic N) is 1. The number of pyridine rings is 1. The van der Waals surface area contributed by atoms with Gasteiger partial charge in [-0.2, -0.15) is 0 Å². The molecule has 2 nitrogen and oxygen atoms in total. The highest BCUT2D eigenvalue weighted by atomic mass is 79.9. The van der Waals surface area contributed by atoms with Gasteiger partial charge < -0.3 is 5.32 Å². The molecule has 0 amide bonds. The van der Waals surface area contributed by atoms with Crippen molar-refractivity contribution in [2.24, 2.45) is 0 Å². The quantitative estimate of drug-likeness (QED) is 0.904. The summed E-state index contributed by atoms with van der Waals surface area (Å²) in [5.41, 5.74) is 2.20. The molecule has 0 aliphatic carbocycles. The van der Waals surface area contributed by atoms with E-state index in [1.807, 2.05) is 30.3 Å². The lowest BCUT2D eigenvalue weighted by Gasteiger charge is -2.14. The van der Waals surface area contributed by atoms with Crippen molar-refractivity contribution in [2.45, 2.75) is 19.5 Å². The zero-order chi connectivity index (χ0) is 13.0. The van der Waals surface area contributed by atoms with Gasteiger partial charge in [0.05, 0.1) is 5.69 Å². The Morgan fingerprint density at radius 1 is 1.33 bits per heavy atom. The first-order chi connectivity index (χ1) is 8.65. The predicted octanol–water partition coefficient (Wildman–Crippen LogP) is 4.35. The van der Waals surface area contributed by atoms with E-state index in [2.05, 4.69) is 39.2 Å². The van der Waals surface area contributed by atoms with Gasteiger partial charge in [0.25, 0.3) is 0 Å². The van der Waals surface area contributed by atoms with Gasteiger partial charge in [-0.15, -0.1) is 0 Å². The minimum Gasteiger partial charge on any atom is -0.305 e. The van der Waals surface area contributed by atoms with Crippen molar-refractivity contribution >= 4 is 27.5 Å². The highest BCUT2D eigenvalue weighted by molar-refractivity contribution is 9.10. The molecule has 1 aromatic carbocycles. The van der Waals surface area contributed by atoms with Crippen molar-refractivity contribution in [3.63, 3.8) is 0 Å². The molecule has 0 aliphatic heterocycles. The number of hydrogen-bond donors (Lipinski definition) is 1. The zero-order valence-corrected chi connectivity index (χ0v) is 12.4. The minimum absolute atomic E-state index is 0.245. The molecule has 18 heavy (non-hydrogen) atoms. The SMILES string of the molecule is C[C@H](NCc1ccc(Br)cn1)c1cccc(Cl)c1. The number of benzene rings is 1. The average Bonchev–Trinajstić information content (AvgIpc) is 2.38. The molecular formula is C14H14BrClN2. The number of aromatic nitrogens is 1. The Bertz CT molecular complexity index is 513. The van der Waals surface area contributed by atoms with Gasteiger partial charge in [-0.05, 0) is 52.7 Å². The Kier molecular flexibility index (Phi) is 4.75. The highest BCUT2D eigenvalue weighted by Crippen LogP contribution is 2.17. The third-order valence-electron chi connectivity index (χ3n) is 2.73. The molecule has 0 bridgehead atoms. The third kappa shape index (κ3) is 3.80. The molecule has 2 aromatic rings. The van der Waals surface area contributed by atoms with Gasteiger partial charge in [0, 0.05) is 28.3 Å². The fraction of sp³-hybridized carbons (Fsp3) is 0.214. The van der Waals surface area contributed by atoms with Crippen molar-refractivity contribution in [3.05, 3.63) is 63.3 Å². The van der Waals surface area contributed by atoms with E-state index in [0.29, 0.717) is 0 Å². The lowest BCUT2D eigenvalue weighted by Crippen LogP contribution is -2.18. The summed E-state index contributed by atoms with van der Waals surface area (Å²) < 4.78 is 0.995. The maximum absolute atomic E-state index is 5.98. The lowest BCUT2D eigenvalue weighted by molar-refractivity contribution is 0.568. The summed E-state index contributed by atoms with van der Waals surface area (Å²) in [6.07, 6.45) is 1.81. The van der Waals surface area contributed by atoms with Crippen molar-refractivity contribution in [1.29, 1.82) is 0 Å². The standard InChI is InChI=1S/C14H14BrClN2/c1-10(11-3-2-4-13(16)7-11)17-9-14-6-5-12(15)8-18-14/h2-8,10,17H,9H2,1H3/t10-/m0/s1. The second-order valence-corrected chi connectivity index (χ2v) is 5.48. The molecule has 0 radical (unpaired) electrons. The maximum atomic E-state index is 5.98. The summed E-state index contributed by atoms with van der Waals surface area (Å²) in [7, 11) is 0. The molecule has 0 aliphatic rings. The molecule has 2 rings (SSSR count). The van der Waals surface area contributed by atoms with E-state index in [0.717, 1.165) is 21.7 Å². The average molecular weight is 326 g/mol. The van der Waals surface area contributed by atoms with Crippen LogP contribution in [0, 0.1) is 0 Å². The third-order valence-corrected chi connectivity index (χ3v) is 3.43. The molecule has 4 heteroatoms. The second kappa shape index (κ2) is 6.32. The van der Waals surface area contributed by atoms with Crippen molar-refractivity contribution in [3.8, 4) is 0 Å². The van der Waals surface area contributed by atoms with E-state index in [1.54, 1.807) is 6.20 Å². The van der Waals surface area contributed by atoms with Crippen LogP contribution >= 0.6 is 27.5 Å². The minimum atomic E-state index is 0.245. The smallest absolute Gasteiger partial charge is 0.0542 e. The molecule has 0 fully saturated rings. The Morgan fingerprint density at radius 3 is 2.83 bits per heavy atom. The summed E-state index contributed by atoms with van der Waals surface area (Å²) >= 11 is 9.35. The van der Waals surface area contributed by atoms with Crippen molar-refractivity contribution < 1.29 is 0 Å². The lowest BCUT2D eigenvalue weighted by atomic mass is 10.1. The summed E-state index contributed by atoms with van der Waals surface area (Å²) in [4.78, 5) is 4.33. The Hall–Kier alpha value is -0.900. The topological polar surface area (TPSA) is 24.9 Å². The molecule has 0 saturated heterocycles. The van der Waals surface area contributed by atoms with Gasteiger partial charge in [0.1, 0.15) is 0 Å². The first-order valence-corrected chi connectivity index (χ1v) is 6.91. The molecular weight excluding hydrogens is 312 g/mol. The Balaban J connectivity index is 1.96. The van der Waals surface area contributed by atoms with Crippen LogP contribution in [0.15, 0.2) is 47.1 Å². The van der Waals surface area contributed by atoms with Gasteiger partial charge in [-0.25, -0.2) is 0 Å². The molecule has 0 unspecified atom stereocenters. The second-order valence-electron chi connectivity index (χ2n) is 4.13. The van der Waals surface area contributed by atoms with E-state index in [1.165, 1.54) is 5.56 Å². The zero-order valence-electron chi connectivity index (χ0n) is 10.0. The van der Waals surface area contributed by atoms with Crippen LogP contribution in [0.2, 0.25) is 5.02 Å². The molecule has 0 saturated carbocycles. The first kappa shape index (κ1) is 13.5. The van der Waals surface area contributed by atoms with Crippen LogP contribution in [0.3, 0.4) is 0 Å². The number of halogens is 2. The van der Waals surface area contributed by atoms with E-state index in [-0.39, 0.29) is 6.04 Å². The first-order valence-electron chi connectivity index (χ1n) is 5.74. The van der Waals surface area contributed by atoms with Crippen LogP contribution in [-0.2, 0) is 6.54 Å². The van der Waals surface area contributed by atoms with Crippen LogP contribution in [-0.4, -0.2) is 4.98 Å². The number of nitrogens with one attached hydrogen (secondary N) is 1. The van der Waals surface area contributed by atoms with Gasteiger partial charge >= 0.3 is 0 Å². The van der Waals surface area contributed by atoms with Gasteiger partial charge in [0.2, 0.25) is 0 Å². The summed E-state index contributed by atoms with van der Waals surface area (Å²) in [6.45, 7) is 2.85. The van der Waals surface area contributed by atoms with Crippen molar-refractivity contribution in [1.82, 2.24) is 10.3 Å². The maximum Gasteiger partial charge on any atom is 0.0542 e. The van der Waals surface area contributed by atoms with Crippen LogP contribution in [0.4, 0.5) is 0 Å². The van der Waals surface area contributed by atoms with Crippen LogP contribution in [0.25, 0.3) is 0 Å². The molecule has 0 spiro atoms. The van der Waals surface area contributed by atoms with E-state index < -0.39 is 0 Å². The molecule has 1 N–H and O–H groups in total. The molecule has 94 valence electrons. The summed E-state index contributed by atoms with van der Waals surface area (Å²) in [6, 6.07) is 12.1. The molecule has 1 atom stereocenters. The Morgan fingerprint density at radius 2 is 2.17 bits per heavy atom. The fourth-order valence-corrected chi connectivity index (χ4v) is 2.10. The molecule has 1 aromatic heterocycles. The van der Waals surface area contributed by atoms with E-state index in [4.69, 9.17) is 11.6 Å². The number of hydrogen-bond acceptors (Lipinski definition) is 2. The van der Waals surface area contributed by atoms with Crippen LogP contribution in [0.1, 0.15) is 24.2 Å². The van der Waals surface area contributed by atoms with Crippen LogP contribution in [0.5, 0.6) is 0 Å². The summed E-state index contributed by atoms with van der Waals surface area (Å²) in [5, 5.41) is 4.19. The van der Waals surface area contributed by atoms with E-state index in [9.17, 15) is 0 Å². The van der Waals surface area contributed by atoms with Crippen molar-refractivity contribution in [2.75, 3.05) is 0 Å². The summed E-state index contributed by atoms with van der Waals surface area (Å²) in [5.74, 6) is 0.